The third-order valence-electron chi connectivity index (χ3n) is 5.03. The molecular formula is C18H25F2N3O. The van der Waals surface area contributed by atoms with Gasteiger partial charge >= 0.3 is 0 Å². The van der Waals surface area contributed by atoms with E-state index in [1.54, 1.807) is 6.07 Å². The van der Waals surface area contributed by atoms with E-state index in [2.05, 4.69) is 15.5 Å². The molecule has 4 nitrogen and oxygen atoms in total. The fourth-order valence-electron chi connectivity index (χ4n) is 3.53. The highest BCUT2D eigenvalue weighted by Gasteiger charge is 2.25. The number of nitrogens with zero attached hydrogens (tertiary/aromatic N) is 1. The molecule has 2 fully saturated rings. The summed E-state index contributed by atoms with van der Waals surface area (Å²) in [5, 5.41) is 6.46. The Bertz CT molecular complexity index is 567. The van der Waals surface area contributed by atoms with Crippen LogP contribution in [0.1, 0.15) is 31.2 Å². The van der Waals surface area contributed by atoms with Crippen molar-refractivity contribution < 1.29 is 13.6 Å². The molecule has 132 valence electrons. The van der Waals surface area contributed by atoms with Crippen LogP contribution in [0.15, 0.2) is 18.2 Å². The number of rotatable bonds is 4. The van der Waals surface area contributed by atoms with Crippen LogP contribution in [0, 0.1) is 17.6 Å². The Morgan fingerprint density at radius 1 is 1.12 bits per heavy atom. The molecule has 1 aromatic carbocycles. The maximum Gasteiger partial charge on any atom is 0.223 e. The maximum atomic E-state index is 13.3. The van der Waals surface area contributed by atoms with Crippen LogP contribution >= 0.6 is 0 Å². The Hall–Kier alpha value is -1.53. The van der Waals surface area contributed by atoms with Gasteiger partial charge in [-0.25, -0.2) is 8.78 Å². The first-order valence-electron chi connectivity index (χ1n) is 8.79. The maximum absolute atomic E-state index is 13.3. The quantitative estimate of drug-likeness (QED) is 0.884. The van der Waals surface area contributed by atoms with Gasteiger partial charge in [0.25, 0.3) is 0 Å². The number of carbonyl (C=O) groups excluding carboxylic acids is 1. The zero-order valence-corrected chi connectivity index (χ0v) is 13.9. The first kappa shape index (κ1) is 17.3. The van der Waals surface area contributed by atoms with Crippen molar-refractivity contribution in [3.8, 4) is 0 Å². The second-order valence-corrected chi connectivity index (χ2v) is 6.83. The molecule has 0 aliphatic carbocycles. The summed E-state index contributed by atoms with van der Waals surface area (Å²) in [5.41, 5.74) is 0.783. The number of hydrogen-bond acceptors (Lipinski definition) is 3. The van der Waals surface area contributed by atoms with E-state index < -0.39 is 11.6 Å². The fraction of sp³-hybridized carbons (Fsp3) is 0.611. The SMILES string of the molecule is O=C(NC1CCN(Cc2ccc(F)c(F)c2)CC1)C1CCNCC1. The van der Waals surface area contributed by atoms with Gasteiger partial charge in [-0.3, -0.25) is 9.69 Å². The minimum absolute atomic E-state index is 0.145. The standard InChI is InChI=1S/C18H25F2N3O/c19-16-2-1-13(11-17(16)20)12-23-9-5-15(6-10-23)22-18(24)14-3-7-21-8-4-14/h1-2,11,14-15,21H,3-10,12H2,(H,22,24). The summed E-state index contributed by atoms with van der Waals surface area (Å²) in [6.45, 7) is 4.17. The average molecular weight is 337 g/mol. The molecule has 2 N–H and O–H groups in total. The first-order chi connectivity index (χ1) is 11.6. The molecule has 0 atom stereocenters. The monoisotopic (exact) mass is 337 g/mol. The van der Waals surface area contributed by atoms with Crippen LogP contribution in [0.5, 0.6) is 0 Å². The van der Waals surface area contributed by atoms with E-state index in [4.69, 9.17) is 0 Å². The molecule has 1 aromatic rings. The molecular weight excluding hydrogens is 312 g/mol. The van der Waals surface area contributed by atoms with E-state index in [9.17, 15) is 13.6 Å². The summed E-state index contributed by atoms with van der Waals surface area (Å²) in [6, 6.07) is 4.30. The second kappa shape index (κ2) is 8.03. The second-order valence-electron chi connectivity index (χ2n) is 6.83. The third kappa shape index (κ3) is 4.51. The predicted molar refractivity (Wildman–Crippen MR) is 88.4 cm³/mol. The van der Waals surface area contributed by atoms with Gasteiger partial charge in [-0.2, -0.15) is 0 Å². The Kier molecular flexibility index (Phi) is 5.79. The Balaban J connectivity index is 1.43. The number of carbonyl (C=O) groups is 1. The molecule has 0 aromatic heterocycles. The van der Waals surface area contributed by atoms with E-state index >= 15 is 0 Å². The van der Waals surface area contributed by atoms with Crippen LogP contribution in [0.25, 0.3) is 0 Å². The van der Waals surface area contributed by atoms with Gasteiger partial charge in [-0.1, -0.05) is 6.07 Å². The Morgan fingerprint density at radius 2 is 1.83 bits per heavy atom. The summed E-state index contributed by atoms with van der Waals surface area (Å²) >= 11 is 0. The highest BCUT2D eigenvalue weighted by atomic mass is 19.2. The highest BCUT2D eigenvalue weighted by molar-refractivity contribution is 5.79. The molecule has 2 saturated heterocycles. The molecule has 2 aliphatic heterocycles. The average Bonchev–Trinajstić information content (AvgIpc) is 2.61. The van der Waals surface area contributed by atoms with Crippen molar-refractivity contribution in [3.05, 3.63) is 35.4 Å². The number of hydrogen-bond donors (Lipinski definition) is 2. The number of nitrogens with one attached hydrogen (secondary N) is 2. The fourth-order valence-corrected chi connectivity index (χ4v) is 3.53. The molecule has 3 rings (SSSR count). The lowest BCUT2D eigenvalue weighted by molar-refractivity contribution is -0.126. The van der Waals surface area contributed by atoms with Crippen LogP contribution in [0.2, 0.25) is 0 Å². The van der Waals surface area contributed by atoms with Crippen LogP contribution in [-0.4, -0.2) is 43.0 Å². The molecule has 6 heteroatoms. The normalized spacial score (nSPS) is 20.9. The molecule has 0 bridgehead atoms. The first-order valence-corrected chi connectivity index (χ1v) is 8.79. The number of amides is 1. The molecule has 0 radical (unpaired) electrons. The summed E-state index contributed by atoms with van der Waals surface area (Å²) in [5.74, 6) is -1.27. The van der Waals surface area contributed by atoms with Crippen molar-refractivity contribution in [2.75, 3.05) is 26.2 Å². The van der Waals surface area contributed by atoms with Crippen molar-refractivity contribution in [1.82, 2.24) is 15.5 Å². The van der Waals surface area contributed by atoms with Gasteiger partial charge in [0, 0.05) is 31.6 Å². The molecule has 0 unspecified atom stereocenters. The van der Waals surface area contributed by atoms with E-state index in [1.165, 1.54) is 12.1 Å². The Labute approximate surface area is 141 Å². The topological polar surface area (TPSA) is 44.4 Å². The van der Waals surface area contributed by atoms with Crippen LogP contribution in [0.3, 0.4) is 0 Å². The van der Waals surface area contributed by atoms with Gasteiger partial charge in [-0.05, 0) is 56.5 Å². The van der Waals surface area contributed by atoms with E-state index in [0.717, 1.165) is 57.4 Å². The smallest absolute Gasteiger partial charge is 0.223 e. The van der Waals surface area contributed by atoms with Gasteiger partial charge in [0.15, 0.2) is 11.6 Å². The van der Waals surface area contributed by atoms with Crippen LogP contribution in [-0.2, 0) is 11.3 Å². The molecule has 24 heavy (non-hydrogen) atoms. The lowest BCUT2D eigenvalue weighted by atomic mass is 9.96. The van der Waals surface area contributed by atoms with Crippen molar-refractivity contribution in [1.29, 1.82) is 0 Å². The van der Waals surface area contributed by atoms with Gasteiger partial charge < -0.3 is 10.6 Å². The van der Waals surface area contributed by atoms with E-state index in [-0.39, 0.29) is 17.9 Å². The molecule has 0 spiro atoms. The number of likely N-dealkylation sites (tertiary alicyclic amines) is 1. The van der Waals surface area contributed by atoms with Crippen molar-refractivity contribution in [2.45, 2.75) is 38.3 Å². The minimum atomic E-state index is -0.807. The summed E-state index contributed by atoms with van der Waals surface area (Å²) in [7, 11) is 0. The van der Waals surface area contributed by atoms with E-state index in [1.807, 2.05) is 0 Å². The summed E-state index contributed by atoms with van der Waals surface area (Å²) < 4.78 is 26.2. The van der Waals surface area contributed by atoms with Crippen molar-refractivity contribution in [3.63, 3.8) is 0 Å². The molecule has 0 saturated carbocycles. The minimum Gasteiger partial charge on any atom is -0.353 e. The number of benzene rings is 1. The van der Waals surface area contributed by atoms with Crippen molar-refractivity contribution in [2.24, 2.45) is 5.92 Å². The summed E-state index contributed by atoms with van der Waals surface area (Å²) in [4.78, 5) is 14.5. The van der Waals surface area contributed by atoms with Gasteiger partial charge in [0.05, 0.1) is 0 Å². The number of piperidine rings is 2. The largest absolute Gasteiger partial charge is 0.353 e. The van der Waals surface area contributed by atoms with Crippen LogP contribution in [0.4, 0.5) is 8.78 Å². The molecule has 2 heterocycles. The highest BCUT2D eigenvalue weighted by Crippen LogP contribution is 2.17. The van der Waals surface area contributed by atoms with Crippen molar-refractivity contribution >= 4 is 5.91 Å². The molecule has 1 amide bonds. The molecule has 2 aliphatic rings. The lowest BCUT2D eigenvalue weighted by Crippen LogP contribution is -2.47. The summed E-state index contributed by atoms with van der Waals surface area (Å²) in [6.07, 6.45) is 3.64. The third-order valence-corrected chi connectivity index (χ3v) is 5.03. The van der Waals surface area contributed by atoms with Gasteiger partial charge in [0.1, 0.15) is 0 Å². The zero-order chi connectivity index (χ0) is 16.9. The predicted octanol–water partition coefficient (Wildman–Crippen LogP) is 2.04. The van der Waals surface area contributed by atoms with Crippen LogP contribution < -0.4 is 10.6 Å². The van der Waals surface area contributed by atoms with Gasteiger partial charge in [0.2, 0.25) is 5.91 Å². The Morgan fingerprint density at radius 3 is 2.50 bits per heavy atom. The van der Waals surface area contributed by atoms with E-state index in [0.29, 0.717) is 6.54 Å². The lowest BCUT2D eigenvalue weighted by Gasteiger charge is -2.33. The number of halogens is 2. The zero-order valence-electron chi connectivity index (χ0n) is 13.9. The van der Waals surface area contributed by atoms with Gasteiger partial charge in [-0.15, -0.1) is 0 Å².